The third kappa shape index (κ3) is 3.39. The van der Waals surface area contributed by atoms with Gasteiger partial charge >= 0.3 is 0 Å². The Kier molecular flexibility index (Phi) is 4.73. The smallest absolute Gasteiger partial charge is 0.230 e. The van der Waals surface area contributed by atoms with E-state index in [2.05, 4.69) is 24.9 Å². The van der Waals surface area contributed by atoms with Gasteiger partial charge in [0.1, 0.15) is 5.69 Å². The number of aliphatic hydroxyl groups is 1. The highest BCUT2D eigenvalue weighted by Crippen LogP contribution is 2.43. The molecule has 1 amide bonds. The Hall–Kier alpha value is -2.48. The summed E-state index contributed by atoms with van der Waals surface area (Å²) in [5.74, 6) is 0.990. The highest BCUT2D eigenvalue weighted by molar-refractivity contribution is 5.86. The molecule has 4 heterocycles. The molecular formula is C21H28N6O2. The fourth-order valence-electron chi connectivity index (χ4n) is 5.26. The summed E-state index contributed by atoms with van der Waals surface area (Å²) in [6.45, 7) is 2.41. The van der Waals surface area contributed by atoms with Crippen molar-refractivity contribution in [2.45, 2.75) is 57.1 Å². The molecule has 1 spiro atoms. The van der Waals surface area contributed by atoms with Gasteiger partial charge in [0.05, 0.1) is 23.9 Å². The molecular weight excluding hydrogens is 368 g/mol. The number of aliphatic hydroxyl groups excluding tert-OH is 1. The van der Waals surface area contributed by atoms with Crippen molar-refractivity contribution in [2.24, 2.45) is 5.41 Å². The van der Waals surface area contributed by atoms with Crippen LogP contribution in [0.5, 0.6) is 0 Å². The Morgan fingerprint density at radius 3 is 2.59 bits per heavy atom. The Bertz CT molecular complexity index is 847. The number of carbonyl (C=O) groups excluding carboxylic acids is 1. The molecule has 1 saturated carbocycles. The summed E-state index contributed by atoms with van der Waals surface area (Å²) in [5.41, 5.74) is 0.520. The van der Waals surface area contributed by atoms with E-state index in [1.165, 1.54) is 0 Å². The van der Waals surface area contributed by atoms with Crippen LogP contribution in [0.4, 0.5) is 5.95 Å². The minimum Gasteiger partial charge on any atom is -0.393 e. The van der Waals surface area contributed by atoms with Crippen molar-refractivity contribution in [1.29, 1.82) is 0 Å². The lowest BCUT2D eigenvalue weighted by Gasteiger charge is -2.40. The topological polar surface area (TPSA) is 87.4 Å². The number of anilines is 1. The van der Waals surface area contributed by atoms with Gasteiger partial charge in [-0.1, -0.05) is 0 Å². The second kappa shape index (κ2) is 7.40. The Labute approximate surface area is 170 Å². The molecule has 1 aliphatic carbocycles. The molecule has 0 bridgehead atoms. The van der Waals surface area contributed by atoms with Crippen molar-refractivity contribution < 1.29 is 9.90 Å². The van der Waals surface area contributed by atoms with Crippen molar-refractivity contribution in [1.82, 2.24) is 24.6 Å². The number of amides is 1. The minimum atomic E-state index is -0.307. The van der Waals surface area contributed by atoms with Gasteiger partial charge in [0, 0.05) is 38.1 Å². The molecule has 0 aromatic carbocycles. The van der Waals surface area contributed by atoms with E-state index in [0.717, 1.165) is 63.7 Å². The molecule has 1 N–H and O–H groups in total. The Morgan fingerprint density at radius 1 is 1.07 bits per heavy atom. The maximum atomic E-state index is 13.4. The van der Waals surface area contributed by atoms with E-state index in [1.54, 1.807) is 23.3 Å². The maximum absolute atomic E-state index is 13.4. The van der Waals surface area contributed by atoms with E-state index in [0.29, 0.717) is 24.4 Å². The van der Waals surface area contributed by atoms with E-state index in [1.807, 2.05) is 12.3 Å². The minimum absolute atomic E-state index is 0.190. The fraction of sp³-hybridized carbons (Fsp3) is 0.619. The number of likely N-dealkylation sites (tertiary alicyclic amines) is 1. The van der Waals surface area contributed by atoms with Crippen LogP contribution in [-0.2, 0) is 4.79 Å². The van der Waals surface area contributed by atoms with Gasteiger partial charge in [-0.25, -0.2) is 14.6 Å². The van der Waals surface area contributed by atoms with Gasteiger partial charge in [-0.05, 0) is 51.0 Å². The van der Waals surface area contributed by atoms with Crippen LogP contribution < -0.4 is 4.90 Å². The van der Waals surface area contributed by atoms with E-state index >= 15 is 0 Å². The lowest BCUT2D eigenvalue weighted by atomic mass is 9.78. The van der Waals surface area contributed by atoms with Crippen molar-refractivity contribution in [3.8, 4) is 5.69 Å². The number of nitrogens with zero attached hydrogens (tertiary/aromatic N) is 6. The summed E-state index contributed by atoms with van der Waals surface area (Å²) in [6.07, 6.45) is 13.3. The van der Waals surface area contributed by atoms with E-state index in [9.17, 15) is 9.90 Å². The molecule has 8 nitrogen and oxygen atoms in total. The number of aromatic nitrogens is 4. The summed E-state index contributed by atoms with van der Waals surface area (Å²) in [6, 6.07) is 2.16. The molecule has 154 valence electrons. The molecule has 3 fully saturated rings. The molecule has 5 rings (SSSR count). The summed E-state index contributed by atoms with van der Waals surface area (Å²) in [4.78, 5) is 26.8. The lowest BCUT2D eigenvalue weighted by molar-refractivity contribution is -0.139. The van der Waals surface area contributed by atoms with Gasteiger partial charge in [0.2, 0.25) is 11.9 Å². The maximum Gasteiger partial charge on any atom is 0.230 e. The number of piperidine rings is 1. The molecule has 8 heteroatoms. The van der Waals surface area contributed by atoms with E-state index in [-0.39, 0.29) is 11.5 Å². The van der Waals surface area contributed by atoms with Crippen LogP contribution >= 0.6 is 0 Å². The molecule has 0 radical (unpaired) electrons. The zero-order valence-electron chi connectivity index (χ0n) is 16.7. The first-order valence-electron chi connectivity index (χ1n) is 10.7. The highest BCUT2D eigenvalue weighted by atomic mass is 16.3. The number of carbonyl (C=O) groups is 1. The van der Waals surface area contributed by atoms with Gasteiger partial charge in [-0.2, -0.15) is 5.10 Å². The number of hydrogen-bond acceptors (Lipinski definition) is 6. The van der Waals surface area contributed by atoms with Gasteiger partial charge < -0.3 is 14.9 Å². The standard InChI is InChI=1S/C21H28N6O2/c28-18-5-3-16(4-6-18)26-12-8-21(19(26)29)7-1-10-25(15-21)20-22-13-17(14-23-20)27-11-2-9-24-27/h2,9,11,13-14,16,18,28H,1,3-8,10,12,15H2/t16?,18?,21-/m0/s1. The van der Waals surface area contributed by atoms with Crippen molar-refractivity contribution in [2.75, 3.05) is 24.5 Å². The van der Waals surface area contributed by atoms with Crippen LogP contribution in [0.2, 0.25) is 0 Å². The third-order valence-electron chi connectivity index (χ3n) is 6.91. The summed E-state index contributed by atoms with van der Waals surface area (Å²) in [5, 5.41) is 14.0. The van der Waals surface area contributed by atoms with Crippen LogP contribution in [0.3, 0.4) is 0 Å². The van der Waals surface area contributed by atoms with E-state index in [4.69, 9.17) is 0 Å². The summed E-state index contributed by atoms with van der Waals surface area (Å²) < 4.78 is 1.74. The average molecular weight is 396 g/mol. The first kappa shape index (κ1) is 18.5. The van der Waals surface area contributed by atoms with Crippen molar-refractivity contribution in [3.05, 3.63) is 30.9 Å². The van der Waals surface area contributed by atoms with Gasteiger partial charge in [-0.15, -0.1) is 0 Å². The van der Waals surface area contributed by atoms with Gasteiger partial charge in [0.25, 0.3) is 0 Å². The zero-order chi connectivity index (χ0) is 19.8. The predicted octanol–water partition coefficient (Wildman–Crippen LogP) is 1.78. The van der Waals surface area contributed by atoms with Crippen LogP contribution in [-0.4, -0.2) is 67.4 Å². The molecule has 2 aromatic heterocycles. The molecule has 2 saturated heterocycles. The monoisotopic (exact) mass is 396 g/mol. The van der Waals surface area contributed by atoms with Crippen molar-refractivity contribution >= 4 is 11.9 Å². The van der Waals surface area contributed by atoms with Gasteiger partial charge in [0.15, 0.2) is 0 Å². The van der Waals surface area contributed by atoms with Crippen LogP contribution in [0.1, 0.15) is 44.9 Å². The molecule has 2 aliphatic heterocycles. The second-order valence-electron chi connectivity index (χ2n) is 8.71. The summed E-state index contributed by atoms with van der Waals surface area (Å²) >= 11 is 0. The first-order chi connectivity index (χ1) is 14.1. The van der Waals surface area contributed by atoms with Crippen LogP contribution in [0, 0.1) is 5.41 Å². The molecule has 0 unspecified atom stereocenters. The molecule has 3 aliphatic rings. The largest absolute Gasteiger partial charge is 0.393 e. The SMILES string of the molecule is O=C1N(C2CCC(O)CC2)CC[C@]12CCCN(c1ncc(-n3cccn3)cn1)C2. The first-order valence-corrected chi connectivity index (χ1v) is 10.7. The van der Waals surface area contributed by atoms with Gasteiger partial charge in [-0.3, -0.25) is 4.79 Å². The number of hydrogen-bond donors (Lipinski definition) is 1. The summed E-state index contributed by atoms with van der Waals surface area (Å²) in [7, 11) is 0. The lowest BCUT2D eigenvalue weighted by Crippen LogP contribution is -2.50. The fourth-order valence-corrected chi connectivity index (χ4v) is 5.26. The molecule has 29 heavy (non-hydrogen) atoms. The second-order valence-corrected chi connectivity index (χ2v) is 8.71. The zero-order valence-corrected chi connectivity index (χ0v) is 16.7. The Balaban J connectivity index is 1.29. The van der Waals surface area contributed by atoms with Crippen molar-refractivity contribution in [3.63, 3.8) is 0 Å². The molecule has 1 atom stereocenters. The third-order valence-corrected chi connectivity index (χ3v) is 6.91. The van der Waals surface area contributed by atoms with E-state index < -0.39 is 0 Å². The predicted molar refractivity (Wildman–Crippen MR) is 108 cm³/mol. The highest BCUT2D eigenvalue weighted by Gasteiger charge is 2.50. The normalized spacial score (nSPS) is 30.3. The van der Waals surface area contributed by atoms with Crippen LogP contribution in [0.25, 0.3) is 5.69 Å². The average Bonchev–Trinajstić information content (AvgIpc) is 3.39. The molecule has 2 aromatic rings. The number of rotatable bonds is 3. The quantitative estimate of drug-likeness (QED) is 0.851. The Morgan fingerprint density at radius 2 is 1.86 bits per heavy atom. The van der Waals surface area contributed by atoms with Crippen LogP contribution in [0.15, 0.2) is 30.9 Å².